The predicted molar refractivity (Wildman–Crippen MR) is 117 cm³/mol. The van der Waals surface area contributed by atoms with Gasteiger partial charge >= 0.3 is 0 Å². The smallest absolute Gasteiger partial charge is 0.0716 e. The van der Waals surface area contributed by atoms with Gasteiger partial charge < -0.3 is 0 Å². The van der Waals surface area contributed by atoms with Crippen LogP contribution in [-0.2, 0) is 6.42 Å². The van der Waals surface area contributed by atoms with Crippen molar-refractivity contribution in [3.63, 3.8) is 0 Å². The maximum Gasteiger partial charge on any atom is 0.0716 e. The van der Waals surface area contributed by atoms with E-state index in [1.165, 1.54) is 32.8 Å². The van der Waals surface area contributed by atoms with Crippen LogP contribution in [0.1, 0.15) is 44.7 Å². The van der Waals surface area contributed by atoms with Crippen molar-refractivity contribution in [1.82, 2.24) is 4.98 Å². The molecule has 1 aromatic heterocycles. The molecule has 0 bridgehead atoms. The minimum atomic E-state index is 0.480. The topological polar surface area (TPSA) is 12.9 Å². The van der Waals surface area contributed by atoms with E-state index in [1.54, 1.807) is 0 Å². The average molecular weight is 354 g/mol. The van der Waals surface area contributed by atoms with Crippen molar-refractivity contribution in [1.29, 1.82) is 0 Å². The van der Waals surface area contributed by atoms with E-state index in [9.17, 15) is 0 Å². The van der Waals surface area contributed by atoms with E-state index >= 15 is 0 Å². The Hall–Kier alpha value is -2.67. The van der Waals surface area contributed by atoms with Crippen LogP contribution >= 0.6 is 0 Å². The van der Waals surface area contributed by atoms with Crippen LogP contribution in [0.25, 0.3) is 32.9 Å². The predicted octanol–water partition coefficient (Wildman–Crippen LogP) is 7.38. The Morgan fingerprint density at radius 1 is 0.778 bits per heavy atom. The van der Waals surface area contributed by atoms with Crippen molar-refractivity contribution in [2.45, 2.75) is 40.0 Å². The Kier molecular flexibility index (Phi) is 4.70. The number of benzene rings is 3. The van der Waals surface area contributed by atoms with Gasteiger partial charge in [-0.05, 0) is 52.3 Å². The lowest BCUT2D eigenvalue weighted by Gasteiger charge is -2.15. The fourth-order valence-electron chi connectivity index (χ4n) is 4.05. The molecular weight excluding hydrogens is 326 g/mol. The molecule has 1 nitrogen and oxygen atoms in total. The average Bonchev–Trinajstić information content (AvgIpc) is 2.66. The second-order valence-corrected chi connectivity index (χ2v) is 8.18. The Morgan fingerprint density at radius 2 is 1.52 bits per heavy atom. The van der Waals surface area contributed by atoms with Crippen LogP contribution in [0.2, 0.25) is 0 Å². The largest absolute Gasteiger partial charge is 0.248 e. The number of aromatic nitrogens is 1. The molecule has 0 radical (unpaired) electrons. The first kappa shape index (κ1) is 17.7. The van der Waals surface area contributed by atoms with Gasteiger partial charge in [0.25, 0.3) is 0 Å². The van der Waals surface area contributed by atoms with Gasteiger partial charge in [0, 0.05) is 10.9 Å². The summed E-state index contributed by atoms with van der Waals surface area (Å²) < 4.78 is 0. The second kappa shape index (κ2) is 7.15. The first-order valence-corrected chi connectivity index (χ1v) is 9.95. The van der Waals surface area contributed by atoms with Gasteiger partial charge in [0.2, 0.25) is 0 Å². The fraction of sp³-hybridized carbons (Fsp3) is 0.269. The van der Waals surface area contributed by atoms with E-state index in [-0.39, 0.29) is 0 Å². The zero-order valence-electron chi connectivity index (χ0n) is 16.7. The van der Waals surface area contributed by atoms with Gasteiger partial charge in [-0.2, -0.15) is 0 Å². The minimum Gasteiger partial charge on any atom is -0.248 e. The monoisotopic (exact) mass is 353 g/mol. The lowest BCUT2D eigenvalue weighted by Crippen LogP contribution is -1.97. The van der Waals surface area contributed by atoms with Crippen LogP contribution in [0.5, 0.6) is 0 Å². The standard InChI is InChI=1S/C26H27N/c1-17(2)16-20-10-7-13-24-22(20)14-15-25(27-24)23-12-6-9-19-8-5-11-21(18(3)4)26(19)23/h5-15,17-18H,16H2,1-4H3. The first-order chi connectivity index (χ1) is 13.0. The van der Waals surface area contributed by atoms with Crippen LogP contribution in [0.15, 0.2) is 66.7 Å². The fourth-order valence-corrected chi connectivity index (χ4v) is 4.05. The summed E-state index contributed by atoms with van der Waals surface area (Å²) in [5, 5.41) is 3.90. The number of rotatable bonds is 4. The van der Waals surface area contributed by atoms with Crippen molar-refractivity contribution in [2.24, 2.45) is 5.92 Å². The van der Waals surface area contributed by atoms with Gasteiger partial charge in [-0.15, -0.1) is 0 Å². The lowest BCUT2D eigenvalue weighted by atomic mass is 9.91. The molecule has 4 aromatic rings. The summed E-state index contributed by atoms with van der Waals surface area (Å²) in [6.07, 6.45) is 1.09. The van der Waals surface area contributed by atoms with Gasteiger partial charge in [-0.1, -0.05) is 82.3 Å². The molecule has 1 heteroatoms. The molecule has 0 aliphatic carbocycles. The molecule has 0 fully saturated rings. The minimum absolute atomic E-state index is 0.480. The summed E-state index contributed by atoms with van der Waals surface area (Å²) in [7, 11) is 0. The normalized spacial score (nSPS) is 11.8. The zero-order valence-corrected chi connectivity index (χ0v) is 16.7. The quantitative estimate of drug-likeness (QED) is 0.373. The molecule has 136 valence electrons. The van der Waals surface area contributed by atoms with E-state index in [0.717, 1.165) is 17.6 Å². The summed E-state index contributed by atoms with van der Waals surface area (Å²) in [6.45, 7) is 9.06. The molecule has 0 aliphatic heterocycles. The van der Waals surface area contributed by atoms with Crippen LogP contribution < -0.4 is 0 Å². The van der Waals surface area contributed by atoms with Crippen molar-refractivity contribution in [3.8, 4) is 11.3 Å². The highest BCUT2D eigenvalue weighted by Gasteiger charge is 2.12. The number of nitrogens with zero attached hydrogens (tertiary/aromatic N) is 1. The Bertz CT molecular complexity index is 1100. The highest BCUT2D eigenvalue weighted by atomic mass is 14.7. The Balaban J connectivity index is 1.93. The van der Waals surface area contributed by atoms with Gasteiger partial charge in [-0.25, -0.2) is 4.98 Å². The van der Waals surface area contributed by atoms with Crippen molar-refractivity contribution in [3.05, 3.63) is 77.9 Å². The molecule has 3 aromatic carbocycles. The SMILES string of the molecule is CC(C)Cc1cccc2nc(-c3cccc4cccc(C(C)C)c34)ccc12. The van der Waals surface area contributed by atoms with Crippen molar-refractivity contribution in [2.75, 3.05) is 0 Å². The lowest BCUT2D eigenvalue weighted by molar-refractivity contribution is 0.650. The molecule has 27 heavy (non-hydrogen) atoms. The molecule has 0 spiro atoms. The zero-order chi connectivity index (χ0) is 19.0. The third kappa shape index (κ3) is 3.35. The Labute approximate surface area is 162 Å². The van der Waals surface area contributed by atoms with Gasteiger partial charge in [-0.3, -0.25) is 0 Å². The Morgan fingerprint density at radius 3 is 2.26 bits per heavy atom. The van der Waals surface area contributed by atoms with E-state index in [0.29, 0.717) is 11.8 Å². The molecule has 0 aliphatic rings. The van der Waals surface area contributed by atoms with Gasteiger partial charge in [0.1, 0.15) is 0 Å². The van der Waals surface area contributed by atoms with Gasteiger partial charge in [0.05, 0.1) is 11.2 Å². The molecule has 0 N–H and O–H groups in total. The molecular formula is C26H27N. The van der Waals surface area contributed by atoms with Gasteiger partial charge in [0.15, 0.2) is 0 Å². The molecule has 1 heterocycles. The summed E-state index contributed by atoms with van der Waals surface area (Å²) in [5.74, 6) is 1.12. The molecule has 4 rings (SSSR count). The third-order valence-electron chi connectivity index (χ3n) is 5.29. The van der Waals surface area contributed by atoms with Crippen LogP contribution in [-0.4, -0.2) is 4.98 Å². The highest BCUT2D eigenvalue weighted by Crippen LogP contribution is 2.34. The second-order valence-electron chi connectivity index (χ2n) is 8.18. The van der Waals surface area contributed by atoms with Crippen LogP contribution in [0.3, 0.4) is 0 Å². The number of pyridine rings is 1. The van der Waals surface area contributed by atoms with Crippen LogP contribution in [0.4, 0.5) is 0 Å². The maximum atomic E-state index is 5.06. The maximum absolute atomic E-state index is 5.06. The number of fused-ring (bicyclic) bond motifs is 2. The first-order valence-electron chi connectivity index (χ1n) is 9.95. The summed E-state index contributed by atoms with van der Waals surface area (Å²) in [4.78, 5) is 5.06. The highest BCUT2D eigenvalue weighted by molar-refractivity contribution is 5.99. The number of hydrogen-bond acceptors (Lipinski definition) is 1. The molecule has 0 atom stereocenters. The summed E-state index contributed by atoms with van der Waals surface area (Å²) in [6, 6.07) is 24.1. The van der Waals surface area contributed by atoms with E-state index in [2.05, 4.69) is 94.4 Å². The van der Waals surface area contributed by atoms with Crippen LogP contribution in [0, 0.1) is 5.92 Å². The van der Waals surface area contributed by atoms with E-state index in [4.69, 9.17) is 4.98 Å². The summed E-state index contributed by atoms with van der Waals surface area (Å²) >= 11 is 0. The molecule has 0 unspecified atom stereocenters. The third-order valence-corrected chi connectivity index (χ3v) is 5.29. The molecule has 0 saturated heterocycles. The number of hydrogen-bond donors (Lipinski definition) is 0. The van der Waals surface area contributed by atoms with Crippen molar-refractivity contribution >= 4 is 21.7 Å². The molecule has 0 amide bonds. The van der Waals surface area contributed by atoms with E-state index in [1.807, 2.05) is 0 Å². The molecule has 0 saturated carbocycles. The van der Waals surface area contributed by atoms with E-state index < -0.39 is 0 Å². The van der Waals surface area contributed by atoms with Crippen molar-refractivity contribution < 1.29 is 0 Å². The summed E-state index contributed by atoms with van der Waals surface area (Å²) in [5.41, 5.74) is 6.15.